The van der Waals surface area contributed by atoms with Crippen LogP contribution in [-0.2, 0) is 0 Å². The van der Waals surface area contributed by atoms with Crippen molar-refractivity contribution < 1.29 is 9.72 Å². The van der Waals surface area contributed by atoms with Crippen molar-refractivity contribution in [3.63, 3.8) is 0 Å². The lowest BCUT2D eigenvalue weighted by atomic mass is 10.0. The summed E-state index contributed by atoms with van der Waals surface area (Å²) >= 11 is 0. The van der Waals surface area contributed by atoms with Gasteiger partial charge in [0.25, 0.3) is 11.6 Å². The summed E-state index contributed by atoms with van der Waals surface area (Å²) < 4.78 is 0. The molecular formula is C24H40N2O3. The third-order valence-corrected chi connectivity index (χ3v) is 5.49. The summed E-state index contributed by atoms with van der Waals surface area (Å²) in [5.74, 6) is -0.343. The maximum atomic E-state index is 12.3. The number of aryl methyl sites for hydroxylation is 1. The molecule has 0 bridgehead atoms. The minimum absolute atomic E-state index is 0.122. The van der Waals surface area contributed by atoms with Gasteiger partial charge < -0.3 is 5.32 Å². The Hall–Kier alpha value is -1.91. The molecule has 0 spiro atoms. The number of nitro groups is 1. The highest BCUT2D eigenvalue weighted by molar-refractivity contribution is 5.99. The van der Waals surface area contributed by atoms with Crippen molar-refractivity contribution in [2.75, 3.05) is 6.54 Å². The highest BCUT2D eigenvalue weighted by atomic mass is 16.6. The smallest absolute Gasteiger partial charge is 0.282 e. The lowest BCUT2D eigenvalue weighted by Crippen LogP contribution is -2.26. The molecule has 0 heterocycles. The Morgan fingerprint density at radius 2 is 1.34 bits per heavy atom. The molecular weight excluding hydrogens is 364 g/mol. The van der Waals surface area contributed by atoms with Gasteiger partial charge in [-0.3, -0.25) is 14.9 Å². The highest BCUT2D eigenvalue weighted by Crippen LogP contribution is 2.21. The summed E-state index contributed by atoms with van der Waals surface area (Å²) in [5.41, 5.74) is 0.698. The number of nitrogens with zero attached hydrogens (tertiary/aromatic N) is 1. The second-order valence-electron chi connectivity index (χ2n) is 8.08. The van der Waals surface area contributed by atoms with E-state index in [-0.39, 0.29) is 17.2 Å². The molecule has 0 aliphatic carbocycles. The molecule has 1 rings (SSSR count). The minimum atomic E-state index is -0.492. The number of carbonyl (C=O) groups excluding carboxylic acids is 1. The van der Waals surface area contributed by atoms with E-state index in [0.717, 1.165) is 12.8 Å². The Kier molecular flexibility index (Phi) is 13.8. The number of nitro benzene ring substituents is 1. The summed E-state index contributed by atoms with van der Waals surface area (Å²) in [6.45, 7) is 4.56. The van der Waals surface area contributed by atoms with Crippen LogP contribution in [0.15, 0.2) is 18.2 Å². The van der Waals surface area contributed by atoms with Crippen molar-refractivity contribution in [2.24, 2.45) is 0 Å². The SMILES string of the molecule is CCCCCCCCCCCCCCCCNC(=O)c1c(C)cccc1[N+](=O)[O-]. The first kappa shape index (κ1) is 25.1. The molecule has 5 heteroatoms. The van der Waals surface area contributed by atoms with Crippen molar-refractivity contribution in [3.8, 4) is 0 Å². The van der Waals surface area contributed by atoms with E-state index in [2.05, 4.69) is 12.2 Å². The lowest BCUT2D eigenvalue weighted by Gasteiger charge is -2.08. The fourth-order valence-corrected chi connectivity index (χ4v) is 3.71. The van der Waals surface area contributed by atoms with E-state index in [9.17, 15) is 14.9 Å². The van der Waals surface area contributed by atoms with Crippen LogP contribution in [0, 0.1) is 17.0 Å². The van der Waals surface area contributed by atoms with Crippen LogP contribution >= 0.6 is 0 Å². The van der Waals surface area contributed by atoms with Gasteiger partial charge in [0.15, 0.2) is 0 Å². The molecule has 1 aromatic carbocycles. The van der Waals surface area contributed by atoms with Gasteiger partial charge in [0, 0.05) is 12.6 Å². The number of hydrogen-bond donors (Lipinski definition) is 1. The third-order valence-electron chi connectivity index (χ3n) is 5.49. The van der Waals surface area contributed by atoms with Gasteiger partial charge in [-0.1, -0.05) is 103 Å². The van der Waals surface area contributed by atoms with Crippen LogP contribution in [-0.4, -0.2) is 17.4 Å². The van der Waals surface area contributed by atoms with Gasteiger partial charge in [-0.2, -0.15) is 0 Å². The fourth-order valence-electron chi connectivity index (χ4n) is 3.71. The van der Waals surface area contributed by atoms with E-state index in [1.807, 2.05) is 0 Å². The molecule has 164 valence electrons. The molecule has 0 radical (unpaired) electrons. The molecule has 1 aromatic rings. The molecule has 0 saturated heterocycles. The first-order valence-corrected chi connectivity index (χ1v) is 11.6. The largest absolute Gasteiger partial charge is 0.352 e. The quantitative estimate of drug-likeness (QED) is 0.171. The summed E-state index contributed by atoms with van der Waals surface area (Å²) in [6.07, 6.45) is 18.1. The maximum Gasteiger partial charge on any atom is 0.282 e. The molecule has 0 unspecified atom stereocenters. The van der Waals surface area contributed by atoms with Crippen LogP contribution in [0.3, 0.4) is 0 Å². The predicted octanol–water partition coefficient (Wildman–Crippen LogP) is 7.11. The van der Waals surface area contributed by atoms with Gasteiger partial charge >= 0.3 is 0 Å². The predicted molar refractivity (Wildman–Crippen MR) is 120 cm³/mol. The third kappa shape index (κ3) is 11.0. The van der Waals surface area contributed by atoms with Gasteiger partial charge in [-0.15, -0.1) is 0 Å². The van der Waals surface area contributed by atoms with Crippen LogP contribution in [0.4, 0.5) is 5.69 Å². The monoisotopic (exact) mass is 404 g/mol. The Morgan fingerprint density at radius 3 is 1.83 bits per heavy atom. The normalized spacial score (nSPS) is 10.8. The highest BCUT2D eigenvalue weighted by Gasteiger charge is 2.21. The van der Waals surface area contributed by atoms with Gasteiger partial charge in [0.05, 0.1) is 4.92 Å². The number of carbonyl (C=O) groups is 1. The van der Waals surface area contributed by atoms with Crippen molar-refractivity contribution in [2.45, 2.75) is 104 Å². The number of benzene rings is 1. The minimum Gasteiger partial charge on any atom is -0.352 e. The molecule has 5 nitrogen and oxygen atoms in total. The number of unbranched alkanes of at least 4 members (excludes halogenated alkanes) is 13. The molecule has 0 aliphatic heterocycles. The van der Waals surface area contributed by atoms with Crippen LogP contribution in [0.1, 0.15) is 113 Å². The molecule has 1 amide bonds. The second kappa shape index (κ2) is 15.9. The van der Waals surface area contributed by atoms with E-state index in [4.69, 9.17) is 0 Å². The van der Waals surface area contributed by atoms with Gasteiger partial charge in [0.2, 0.25) is 0 Å². The Bertz CT molecular complexity index is 602. The average molecular weight is 405 g/mol. The van der Waals surface area contributed by atoms with E-state index >= 15 is 0 Å². The molecule has 0 atom stereocenters. The van der Waals surface area contributed by atoms with Crippen molar-refractivity contribution in [1.29, 1.82) is 0 Å². The zero-order valence-electron chi connectivity index (χ0n) is 18.5. The molecule has 1 N–H and O–H groups in total. The first-order valence-electron chi connectivity index (χ1n) is 11.6. The molecule has 0 aliphatic rings. The summed E-state index contributed by atoms with van der Waals surface area (Å²) in [7, 11) is 0. The Morgan fingerprint density at radius 1 is 0.862 bits per heavy atom. The van der Waals surface area contributed by atoms with E-state index < -0.39 is 4.92 Å². The van der Waals surface area contributed by atoms with Crippen molar-refractivity contribution in [3.05, 3.63) is 39.4 Å². The van der Waals surface area contributed by atoms with Gasteiger partial charge in [-0.25, -0.2) is 0 Å². The first-order chi connectivity index (χ1) is 14.1. The molecule has 0 aromatic heterocycles. The zero-order valence-corrected chi connectivity index (χ0v) is 18.5. The number of nitrogens with one attached hydrogen (secondary N) is 1. The summed E-state index contributed by atoms with van der Waals surface area (Å²) in [6, 6.07) is 4.72. The van der Waals surface area contributed by atoms with Crippen LogP contribution in [0.5, 0.6) is 0 Å². The standard InChI is InChI=1S/C24H40N2O3/c1-3-4-5-6-7-8-9-10-11-12-13-14-15-16-20-25-24(27)23-21(2)18-17-19-22(23)26(28)29/h17-19H,3-16,20H2,1-2H3,(H,25,27). The molecule has 0 fully saturated rings. The maximum absolute atomic E-state index is 12.3. The second-order valence-corrected chi connectivity index (χ2v) is 8.08. The number of hydrogen-bond acceptors (Lipinski definition) is 3. The zero-order chi connectivity index (χ0) is 21.3. The summed E-state index contributed by atoms with van der Waals surface area (Å²) in [5, 5.41) is 14.0. The average Bonchev–Trinajstić information content (AvgIpc) is 2.70. The molecule has 29 heavy (non-hydrogen) atoms. The van der Waals surface area contributed by atoms with Gasteiger partial charge in [-0.05, 0) is 18.9 Å². The van der Waals surface area contributed by atoms with E-state index in [1.54, 1.807) is 19.1 Å². The van der Waals surface area contributed by atoms with Crippen molar-refractivity contribution >= 4 is 11.6 Å². The topological polar surface area (TPSA) is 72.2 Å². The fraction of sp³-hybridized carbons (Fsp3) is 0.708. The lowest BCUT2D eigenvalue weighted by molar-refractivity contribution is -0.385. The van der Waals surface area contributed by atoms with E-state index in [1.165, 1.54) is 83.1 Å². The van der Waals surface area contributed by atoms with Crippen LogP contribution in [0.25, 0.3) is 0 Å². The number of rotatable bonds is 17. The van der Waals surface area contributed by atoms with Crippen LogP contribution < -0.4 is 5.32 Å². The van der Waals surface area contributed by atoms with Gasteiger partial charge in [0.1, 0.15) is 5.56 Å². The Labute approximate surface area is 176 Å². The van der Waals surface area contributed by atoms with E-state index in [0.29, 0.717) is 12.1 Å². The summed E-state index contributed by atoms with van der Waals surface area (Å²) in [4.78, 5) is 22.9. The van der Waals surface area contributed by atoms with Crippen LogP contribution in [0.2, 0.25) is 0 Å². The number of amides is 1. The van der Waals surface area contributed by atoms with Crippen molar-refractivity contribution in [1.82, 2.24) is 5.32 Å². The Balaban J connectivity index is 2.01. The molecule has 0 saturated carbocycles.